The summed E-state index contributed by atoms with van der Waals surface area (Å²) in [5.41, 5.74) is 2.61. The van der Waals surface area contributed by atoms with Gasteiger partial charge in [0.2, 0.25) is 0 Å². The first kappa shape index (κ1) is 21.3. The molecule has 4 nitrogen and oxygen atoms in total. The third-order valence-corrected chi connectivity index (χ3v) is 6.96. The van der Waals surface area contributed by atoms with Crippen molar-refractivity contribution in [1.29, 1.82) is 0 Å². The first-order chi connectivity index (χ1) is 14.5. The Labute approximate surface area is 180 Å². The van der Waals surface area contributed by atoms with Crippen LogP contribution in [0.5, 0.6) is 0 Å². The number of carbonyl (C=O) groups excluding carboxylic acids is 1. The molecule has 4 heteroatoms. The number of hydrogen-bond acceptors (Lipinski definition) is 4. The molecule has 1 aliphatic heterocycles. The Morgan fingerprint density at radius 1 is 1.13 bits per heavy atom. The Balaban J connectivity index is 1.46. The van der Waals surface area contributed by atoms with Crippen molar-refractivity contribution in [3.8, 4) is 0 Å². The predicted octanol–water partition coefficient (Wildman–Crippen LogP) is 4.82. The van der Waals surface area contributed by atoms with E-state index in [0.29, 0.717) is 36.7 Å². The van der Waals surface area contributed by atoms with Gasteiger partial charge in [0.15, 0.2) is 0 Å². The van der Waals surface area contributed by atoms with E-state index in [9.17, 15) is 9.90 Å². The summed E-state index contributed by atoms with van der Waals surface area (Å²) in [6.45, 7) is 5.19. The van der Waals surface area contributed by atoms with Crippen molar-refractivity contribution in [2.75, 3.05) is 0 Å². The van der Waals surface area contributed by atoms with E-state index < -0.39 is 6.10 Å². The van der Waals surface area contributed by atoms with Crippen LogP contribution in [0.1, 0.15) is 51.5 Å². The van der Waals surface area contributed by atoms with Gasteiger partial charge in [0.25, 0.3) is 0 Å². The van der Waals surface area contributed by atoms with E-state index >= 15 is 0 Å². The molecule has 2 aliphatic carbocycles. The van der Waals surface area contributed by atoms with Crippen LogP contribution in [0.2, 0.25) is 0 Å². The van der Waals surface area contributed by atoms with Crippen molar-refractivity contribution in [2.45, 2.75) is 70.9 Å². The molecular weight excluding hydrogens is 376 g/mol. The Bertz CT molecular complexity index is 783. The van der Waals surface area contributed by atoms with Gasteiger partial charge in [-0.25, -0.2) is 0 Å². The topological polar surface area (TPSA) is 55.8 Å². The lowest BCUT2D eigenvalue weighted by Crippen LogP contribution is -2.40. The summed E-state index contributed by atoms with van der Waals surface area (Å²) < 4.78 is 12.0. The largest absolute Gasteiger partial charge is 0.462 e. The molecule has 162 valence electrons. The fraction of sp³-hybridized carbons (Fsp3) is 0.577. The first-order valence-corrected chi connectivity index (χ1v) is 11.4. The van der Waals surface area contributed by atoms with E-state index in [2.05, 4.69) is 56.3 Å². The summed E-state index contributed by atoms with van der Waals surface area (Å²) in [5, 5.41) is 9.93. The summed E-state index contributed by atoms with van der Waals surface area (Å²) in [6.07, 6.45) is 9.98. The number of esters is 1. The summed E-state index contributed by atoms with van der Waals surface area (Å²) in [4.78, 5) is 11.7. The Morgan fingerprint density at radius 3 is 2.70 bits per heavy atom. The molecule has 1 N–H and O–H groups in total. The number of cyclic esters (lactones) is 1. The second kappa shape index (κ2) is 9.49. The lowest BCUT2D eigenvalue weighted by molar-refractivity contribution is -0.160. The molecule has 1 aromatic rings. The van der Waals surface area contributed by atoms with Gasteiger partial charge in [0.1, 0.15) is 6.10 Å². The molecule has 0 aromatic heterocycles. The monoisotopic (exact) mass is 410 g/mol. The Hall–Kier alpha value is -1.91. The zero-order chi connectivity index (χ0) is 21.1. The maximum absolute atomic E-state index is 11.7. The summed E-state index contributed by atoms with van der Waals surface area (Å²) in [6, 6.07) is 10.4. The van der Waals surface area contributed by atoms with Gasteiger partial charge in [-0.2, -0.15) is 0 Å². The third-order valence-electron chi connectivity index (χ3n) is 6.96. The number of allylic oxidation sites excluding steroid dienone is 3. The fourth-order valence-corrected chi connectivity index (χ4v) is 5.47. The van der Waals surface area contributed by atoms with Crippen LogP contribution >= 0.6 is 0 Å². The summed E-state index contributed by atoms with van der Waals surface area (Å²) in [5.74, 6) is 1.51. The Morgan fingerprint density at radius 2 is 1.93 bits per heavy atom. The van der Waals surface area contributed by atoms with Gasteiger partial charge in [0.05, 0.1) is 25.2 Å². The minimum atomic E-state index is -0.562. The van der Waals surface area contributed by atoms with Crippen molar-refractivity contribution in [3.05, 3.63) is 59.7 Å². The number of rotatable bonds is 6. The van der Waals surface area contributed by atoms with Gasteiger partial charge in [0, 0.05) is 12.3 Å². The number of carbonyl (C=O) groups is 1. The number of hydrogen-bond donors (Lipinski definition) is 1. The van der Waals surface area contributed by atoms with Crippen LogP contribution in [0.3, 0.4) is 0 Å². The lowest BCUT2D eigenvalue weighted by atomic mass is 9.65. The molecule has 0 radical (unpaired) electrons. The Kier molecular flexibility index (Phi) is 6.74. The highest BCUT2D eigenvalue weighted by atomic mass is 16.5. The van der Waals surface area contributed by atoms with Crippen LogP contribution in [-0.4, -0.2) is 29.4 Å². The molecule has 1 fully saturated rings. The summed E-state index contributed by atoms with van der Waals surface area (Å²) in [7, 11) is 0. The normalized spacial score (nSPS) is 36.0. The van der Waals surface area contributed by atoms with Gasteiger partial charge in [-0.1, -0.05) is 62.4 Å². The fourth-order valence-electron chi connectivity index (χ4n) is 5.47. The molecule has 0 spiro atoms. The van der Waals surface area contributed by atoms with Crippen LogP contribution in [0, 0.1) is 23.7 Å². The molecule has 7 atom stereocenters. The maximum atomic E-state index is 11.7. The quantitative estimate of drug-likeness (QED) is 0.683. The number of ether oxygens (including phenoxy) is 2. The highest BCUT2D eigenvalue weighted by molar-refractivity contribution is 5.70. The van der Waals surface area contributed by atoms with Crippen molar-refractivity contribution >= 4 is 5.97 Å². The molecule has 1 aromatic carbocycles. The van der Waals surface area contributed by atoms with Crippen LogP contribution in [-0.2, 0) is 20.9 Å². The molecule has 3 aliphatic rings. The standard InChI is InChI=1S/C26H34O4/c1-17-12-20-9-8-18(2)23(11-10-22-14-21(27)15-25(28)30-22)26(20)24(13-17)29-16-19-6-4-3-5-7-19/h3-9,12,17-18,21-24,26-27H,10-11,13-16H2,1-2H3/t17-,18-,21+,22?,23-,24-,26-/m0/s1. The van der Waals surface area contributed by atoms with Gasteiger partial charge >= 0.3 is 5.97 Å². The van der Waals surface area contributed by atoms with E-state index in [1.807, 2.05) is 6.07 Å². The molecular formula is C26H34O4. The van der Waals surface area contributed by atoms with Crippen LogP contribution < -0.4 is 0 Å². The van der Waals surface area contributed by atoms with Gasteiger partial charge in [-0.05, 0) is 48.2 Å². The zero-order valence-corrected chi connectivity index (χ0v) is 18.1. The highest BCUT2D eigenvalue weighted by Gasteiger charge is 2.40. The average Bonchev–Trinajstić information content (AvgIpc) is 2.71. The van der Waals surface area contributed by atoms with Crippen molar-refractivity contribution < 1.29 is 19.4 Å². The van der Waals surface area contributed by atoms with Crippen molar-refractivity contribution in [1.82, 2.24) is 0 Å². The zero-order valence-electron chi connectivity index (χ0n) is 18.1. The first-order valence-electron chi connectivity index (χ1n) is 11.4. The second-order valence-corrected chi connectivity index (χ2v) is 9.41. The lowest BCUT2D eigenvalue weighted by Gasteiger charge is -2.43. The van der Waals surface area contributed by atoms with Crippen LogP contribution in [0.15, 0.2) is 54.1 Å². The van der Waals surface area contributed by atoms with E-state index in [1.54, 1.807) is 0 Å². The minimum absolute atomic E-state index is 0.127. The van der Waals surface area contributed by atoms with Crippen LogP contribution in [0.4, 0.5) is 0 Å². The van der Waals surface area contributed by atoms with Gasteiger partial charge in [-0.15, -0.1) is 0 Å². The summed E-state index contributed by atoms with van der Waals surface area (Å²) >= 11 is 0. The van der Waals surface area contributed by atoms with Crippen molar-refractivity contribution in [3.63, 3.8) is 0 Å². The number of benzene rings is 1. The predicted molar refractivity (Wildman–Crippen MR) is 117 cm³/mol. The van der Waals surface area contributed by atoms with Crippen LogP contribution in [0.25, 0.3) is 0 Å². The molecule has 30 heavy (non-hydrogen) atoms. The number of aliphatic hydroxyl groups is 1. The van der Waals surface area contributed by atoms with E-state index in [0.717, 1.165) is 19.3 Å². The molecule has 0 saturated carbocycles. The third kappa shape index (κ3) is 5.04. The van der Waals surface area contributed by atoms with E-state index in [4.69, 9.17) is 9.47 Å². The van der Waals surface area contributed by atoms with Gasteiger partial charge in [-0.3, -0.25) is 4.79 Å². The highest BCUT2D eigenvalue weighted by Crippen LogP contribution is 2.45. The van der Waals surface area contributed by atoms with Crippen molar-refractivity contribution in [2.24, 2.45) is 23.7 Å². The number of fused-ring (bicyclic) bond motifs is 1. The second-order valence-electron chi connectivity index (χ2n) is 9.41. The molecule has 4 rings (SSSR count). The molecule has 1 heterocycles. The molecule has 1 unspecified atom stereocenters. The minimum Gasteiger partial charge on any atom is -0.462 e. The average molecular weight is 411 g/mol. The smallest absolute Gasteiger partial charge is 0.308 e. The number of aliphatic hydroxyl groups excluding tert-OH is 1. The molecule has 0 bridgehead atoms. The maximum Gasteiger partial charge on any atom is 0.308 e. The van der Waals surface area contributed by atoms with Gasteiger partial charge < -0.3 is 14.6 Å². The molecule has 1 saturated heterocycles. The SMILES string of the molecule is C[C@H]1C=C2C=C[C@H](C)[C@H](CCC3C[C@@H](O)CC(=O)O3)[C@H]2[C@@H](OCc2ccccc2)C1. The van der Waals surface area contributed by atoms with E-state index in [-0.39, 0.29) is 24.6 Å². The van der Waals surface area contributed by atoms with E-state index in [1.165, 1.54) is 11.1 Å². The molecule has 0 amide bonds.